The predicted octanol–water partition coefficient (Wildman–Crippen LogP) is 3.76. The summed E-state index contributed by atoms with van der Waals surface area (Å²) in [5.74, 6) is -2.52. The van der Waals surface area contributed by atoms with Gasteiger partial charge in [0, 0.05) is 18.0 Å². The lowest BCUT2D eigenvalue weighted by Crippen LogP contribution is -2.33. The van der Waals surface area contributed by atoms with Crippen molar-refractivity contribution in [3.8, 4) is 0 Å². The Balaban J connectivity index is 1.78. The maximum absolute atomic E-state index is 14.4. The summed E-state index contributed by atoms with van der Waals surface area (Å²) in [4.78, 5) is 3.98. The molecule has 0 aliphatic heterocycles. The molecular weight excluding hydrogens is 346 g/mol. The number of nitrogen functional groups attached to an aromatic ring is 2. The number of alkyl halides is 2. The second-order valence-electron chi connectivity index (χ2n) is 6.41. The molecule has 0 aliphatic carbocycles. The Hall–Kier alpha value is -2.99. The van der Waals surface area contributed by atoms with Gasteiger partial charge in [0.05, 0.1) is 6.54 Å². The number of nitrogens with one attached hydrogen (secondary N) is 1. The van der Waals surface area contributed by atoms with Gasteiger partial charge in [-0.25, -0.2) is 4.98 Å². The quantitative estimate of drug-likeness (QED) is 0.593. The Kier molecular flexibility index (Phi) is 5.66. The molecule has 0 fully saturated rings. The van der Waals surface area contributed by atoms with E-state index in [0.717, 1.165) is 11.1 Å². The van der Waals surface area contributed by atoms with Crippen LogP contribution >= 0.6 is 0 Å². The molecule has 27 heavy (non-hydrogen) atoms. The van der Waals surface area contributed by atoms with E-state index in [1.54, 1.807) is 30.3 Å². The number of anilines is 2. The Morgan fingerprint density at radius 2 is 1.41 bits per heavy atom. The highest BCUT2D eigenvalue weighted by molar-refractivity contribution is 5.47. The first-order chi connectivity index (χ1) is 13.0. The van der Waals surface area contributed by atoms with Crippen LogP contribution in [0.1, 0.15) is 22.6 Å². The lowest BCUT2D eigenvalue weighted by Gasteiger charge is -2.22. The van der Waals surface area contributed by atoms with Gasteiger partial charge in [0.1, 0.15) is 11.6 Å². The second kappa shape index (κ2) is 8.14. The first kappa shape index (κ1) is 18.8. The van der Waals surface area contributed by atoms with Gasteiger partial charge in [0.15, 0.2) is 0 Å². The average Bonchev–Trinajstić information content (AvgIpc) is 2.66. The third kappa shape index (κ3) is 4.80. The number of aromatic nitrogens is 1. The fourth-order valence-corrected chi connectivity index (χ4v) is 3.07. The molecule has 5 N–H and O–H groups in total. The van der Waals surface area contributed by atoms with Crippen molar-refractivity contribution >= 4 is 11.6 Å². The Morgan fingerprint density at radius 1 is 0.852 bits per heavy atom. The van der Waals surface area contributed by atoms with Gasteiger partial charge in [0.25, 0.3) is 5.92 Å². The maximum Gasteiger partial charge on any atom is 0.285 e. The summed E-state index contributed by atoms with van der Waals surface area (Å²) in [6, 6.07) is 20.9. The highest BCUT2D eigenvalue weighted by Gasteiger charge is 2.31. The summed E-state index contributed by atoms with van der Waals surface area (Å²) >= 11 is 0. The largest absolute Gasteiger partial charge is 0.384 e. The molecule has 2 aromatic carbocycles. The van der Waals surface area contributed by atoms with E-state index in [1.807, 2.05) is 30.3 Å². The van der Waals surface area contributed by atoms with Crippen molar-refractivity contribution in [1.29, 1.82) is 0 Å². The van der Waals surface area contributed by atoms with Gasteiger partial charge in [-0.15, -0.1) is 0 Å². The van der Waals surface area contributed by atoms with Crippen molar-refractivity contribution in [1.82, 2.24) is 10.3 Å². The third-order valence-electron chi connectivity index (χ3n) is 4.38. The minimum Gasteiger partial charge on any atom is -0.384 e. The summed E-state index contributed by atoms with van der Waals surface area (Å²) < 4.78 is 28.9. The lowest BCUT2D eigenvalue weighted by molar-refractivity contribution is -0.00309. The third-order valence-corrected chi connectivity index (χ3v) is 4.38. The van der Waals surface area contributed by atoms with Crippen LogP contribution in [0, 0.1) is 0 Å². The van der Waals surface area contributed by atoms with Crippen LogP contribution in [0.2, 0.25) is 0 Å². The molecule has 6 heteroatoms. The van der Waals surface area contributed by atoms with Gasteiger partial charge in [0.2, 0.25) is 0 Å². The molecule has 1 aromatic heterocycles. The molecule has 0 radical (unpaired) electrons. The molecule has 3 aromatic rings. The van der Waals surface area contributed by atoms with E-state index >= 15 is 0 Å². The molecule has 140 valence electrons. The molecule has 1 atom stereocenters. The Labute approximate surface area is 157 Å². The SMILES string of the molecule is Nc1cc(C(CNCC(F)(F)c2ccccc2)c2ccccc2)cc(N)n1. The normalized spacial score (nSPS) is 12.7. The smallest absolute Gasteiger partial charge is 0.285 e. The zero-order valence-electron chi connectivity index (χ0n) is 14.8. The molecule has 1 unspecified atom stereocenters. The fraction of sp³-hybridized carbons (Fsp3) is 0.190. The molecule has 0 aliphatic rings. The molecule has 3 rings (SSSR count). The van der Waals surface area contributed by atoms with E-state index < -0.39 is 12.5 Å². The van der Waals surface area contributed by atoms with Crippen LogP contribution in [0.5, 0.6) is 0 Å². The summed E-state index contributed by atoms with van der Waals surface area (Å²) in [7, 11) is 0. The van der Waals surface area contributed by atoms with Crippen molar-refractivity contribution < 1.29 is 8.78 Å². The van der Waals surface area contributed by atoms with E-state index in [-0.39, 0.29) is 11.5 Å². The highest BCUT2D eigenvalue weighted by Crippen LogP contribution is 2.29. The average molecular weight is 368 g/mol. The molecule has 0 spiro atoms. The van der Waals surface area contributed by atoms with Gasteiger partial charge >= 0.3 is 0 Å². The van der Waals surface area contributed by atoms with Gasteiger partial charge in [-0.1, -0.05) is 60.7 Å². The van der Waals surface area contributed by atoms with Crippen LogP contribution < -0.4 is 16.8 Å². The summed E-state index contributed by atoms with van der Waals surface area (Å²) in [6.07, 6.45) is 0. The first-order valence-electron chi connectivity index (χ1n) is 8.67. The number of nitrogens with two attached hydrogens (primary N) is 2. The topological polar surface area (TPSA) is 77.0 Å². The number of pyridine rings is 1. The lowest BCUT2D eigenvalue weighted by atomic mass is 9.91. The van der Waals surface area contributed by atoms with Crippen molar-refractivity contribution in [2.75, 3.05) is 24.6 Å². The van der Waals surface area contributed by atoms with E-state index in [0.29, 0.717) is 18.2 Å². The molecule has 4 nitrogen and oxygen atoms in total. The predicted molar refractivity (Wildman–Crippen MR) is 105 cm³/mol. The molecule has 0 saturated carbocycles. The van der Waals surface area contributed by atoms with E-state index in [2.05, 4.69) is 10.3 Å². The highest BCUT2D eigenvalue weighted by atomic mass is 19.3. The van der Waals surface area contributed by atoms with Crippen LogP contribution in [-0.2, 0) is 5.92 Å². The minimum atomic E-state index is -2.96. The summed E-state index contributed by atoms with van der Waals surface area (Å²) in [5.41, 5.74) is 13.4. The maximum atomic E-state index is 14.4. The van der Waals surface area contributed by atoms with Gasteiger partial charge in [-0.05, 0) is 23.3 Å². The van der Waals surface area contributed by atoms with Crippen LogP contribution in [0.15, 0.2) is 72.8 Å². The van der Waals surface area contributed by atoms with Crippen LogP contribution in [-0.4, -0.2) is 18.1 Å². The first-order valence-corrected chi connectivity index (χ1v) is 8.67. The molecule has 0 amide bonds. The zero-order chi connectivity index (χ0) is 19.3. The summed E-state index contributed by atoms with van der Waals surface area (Å²) in [5, 5.41) is 2.91. The van der Waals surface area contributed by atoms with Crippen molar-refractivity contribution in [3.05, 3.63) is 89.5 Å². The van der Waals surface area contributed by atoms with Crippen molar-refractivity contribution in [2.24, 2.45) is 0 Å². The molecule has 0 bridgehead atoms. The van der Waals surface area contributed by atoms with E-state index in [1.165, 1.54) is 12.1 Å². The van der Waals surface area contributed by atoms with E-state index in [4.69, 9.17) is 11.5 Å². The molecule has 0 saturated heterocycles. The number of rotatable bonds is 7. The van der Waals surface area contributed by atoms with E-state index in [9.17, 15) is 8.78 Å². The monoisotopic (exact) mass is 368 g/mol. The van der Waals surface area contributed by atoms with Gasteiger partial charge in [-0.3, -0.25) is 0 Å². The second-order valence-corrected chi connectivity index (χ2v) is 6.41. The number of hydrogen-bond donors (Lipinski definition) is 3. The van der Waals surface area contributed by atoms with Gasteiger partial charge in [-0.2, -0.15) is 8.78 Å². The van der Waals surface area contributed by atoms with Crippen LogP contribution in [0.25, 0.3) is 0 Å². The van der Waals surface area contributed by atoms with Crippen molar-refractivity contribution in [3.63, 3.8) is 0 Å². The molecule has 1 heterocycles. The fourth-order valence-electron chi connectivity index (χ4n) is 3.07. The zero-order valence-corrected chi connectivity index (χ0v) is 14.8. The molecular formula is C21H22F2N4. The standard InChI is InChI=1S/C21H22F2N4/c22-21(23,17-9-5-2-6-10-17)14-26-13-18(15-7-3-1-4-8-15)16-11-19(24)27-20(25)12-16/h1-12,18,26H,13-14H2,(H4,24,25,27). The number of halogens is 2. The Morgan fingerprint density at radius 3 is 2.00 bits per heavy atom. The number of hydrogen-bond acceptors (Lipinski definition) is 4. The summed E-state index contributed by atoms with van der Waals surface area (Å²) in [6.45, 7) is -0.147. The van der Waals surface area contributed by atoms with Crippen LogP contribution in [0.3, 0.4) is 0 Å². The van der Waals surface area contributed by atoms with Gasteiger partial charge < -0.3 is 16.8 Å². The minimum absolute atomic E-state index is 0.00818. The Bertz CT molecular complexity index is 850. The van der Waals surface area contributed by atoms with Crippen molar-refractivity contribution in [2.45, 2.75) is 11.8 Å². The number of benzene rings is 2. The van der Waals surface area contributed by atoms with Crippen LogP contribution in [0.4, 0.5) is 20.4 Å². The number of nitrogens with zero attached hydrogens (tertiary/aromatic N) is 1.